The molecule has 6 nitrogen and oxygen atoms in total. The molecule has 0 saturated carbocycles. The van der Waals surface area contributed by atoms with Gasteiger partial charge < -0.3 is 19.5 Å². The first-order valence-electron chi connectivity index (χ1n) is 10.0. The molecule has 0 aromatic heterocycles. The van der Waals surface area contributed by atoms with Crippen LogP contribution in [0.5, 0.6) is 17.2 Å². The number of para-hydroxylation sites is 1. The first kappa shape index (κ1) is 21.0. The predicted octanol–water partition coefficient (Wildman–Crippen LogP) is 3.21. The van der Waals surface area contributed by atoms with Crippen LogP contribution < -0.4 is 19.5 Å². The number of hydrogen-bond acceptors (Lipinski definition) is 5. The molecule has 1 aliphatic heterocycles. The molecule has 2 aromatic carbocycles. The van der Waals surface area contributed by atoms with Crippen molar-refractivity contribution in [2.45, 2.75) is 25.3 Å². The third-order valence-electron chi connectivity index (χ3n) is 5.42. The number of carbonyl (C=O) groups is 1. The van der Waals surface area contributed by atoms with E-state index in [2.05, 4.69) is 10.2 Å². The van der Waals surface area contributed by atoms with Crippen molar-refractivity contribution >= 4 is 5.91 Å². The number of likely N-dealkylation sites (tertiary alicyclic amines) is 1. The highest BCUT2D eigenvalue weighted by Crippen LogP contribution is 2.38. The highest BCUT2D eigenvalue weighted by atomic mass is 16.5. The van der Waals surface area contributed by atoms with Gasteiger partial charge in [-0.1, -0.05) is 24.3 Å². The van der Waals surface area contributed by atoms with Gasteiger partial charge in [-0.15, -0.1) is 0 Å². The molecule has 1 heterocycles. The average Bonchev–Trinajstić information content (AvgIpc) is 3.21. The van der Waals surface area contributed by atoms with Gasteiger partial charge in [0.05, 0.1) is 27.9 Å². The fraction of sp³-hybridized carbons (Fsp3) is 0.435. The summed E-state index contributed by atoms with van der Waals surface area (Å²) < 4.78 is 16.2. The normalized spacial score (nSPS) is 16.4. The minimum absolute atomic E-state index is 0.0410. The third-order valence-corrected chi connectivity index (χ3v) is 5.42. The second-order valence-corrected chi connectivity index (χ2v) is 7.15. The van der Waals surface area contributed by atoms with Gasteiger partial charge in [-0.25, -0.2) is 0 Å². The lowest BCUT2D eigenvalue weighted by molar-refractivity contribution is -0.122. The Morgan fingerprint density at radius 3 is 2.62 bits per heavy atom. The Bertz CT molecular complexity index is 824. The van der Waals surface area contributed by atoms with Crippen LogP contribution in [-0.4, -0.2) is 51.8 Å². The summed E-state index contributed by atoms with van der Waals surface area (Å²) in [4.78, 5) is 14.8. The van der Waals surface area contributed by atoms with E-state index < -0.39 is 0 Å². The van der Waals surface area contributed by atoms with E-state index in [1.165, 1.54) is 0 Å². The van der Waals surface area contributed by atoms with Crippen molar-refractivity contribution in [2.24, 2.45) is 0 Å². The number of carbonyl (C=O) groups excluding carboxylic acids is 1. The molecule has 0 bridgehead atoms. The largest absolute Gasteiger partial charge is 0.497 e. The van der Waals surface area contributed by atoms with E-state index in [0.29, 0.717) is 13.1 Å². The molecule has 1 atom stereocenters. The summed E-state index contributed by atoms with van der Waals surface area (Å²) in [5, 5.41) is 3.04. The molecule has 1 aliphatic rings. The van der Waals surface area contributed by atoms with Crippen LogP contribution in [-0.2, 0) is 11.2 Å². The summed E-state index contributed by atoms with van der Waals surface area (Å²) in [6, 6.07) is 14.0. The maximum Gasteiger partial charge on any atom is 0.234 e. The summed E-state index contributed by atoms with van der Waals surface area (Å²) in [5.74, 6) is 2.47. The number of nitrogens with zero attached hydrogens (tertiary/aromatic N) is 1. The van der Waals surface area contributed by atoms with E-state index in [9.17, 15) is 4.79 Å². The molecular formula is C23H30N2O4. The number of ether oxygens (including phenoxy) is 3. The Morgan fingerprint density at radius 2 is 1.86 bits per heavy atom. The van der Waals surface area contributed by atoms with Crippen LogP contribution >= 0.6 is 0 Å². The number of benzene rings is 2. The zero-order valence-corrected chi connectivity index (χ0v) is 17.4. The number of amides is 1. The molecule has 2 aromatic rings. The second-order valence-electron chi connectivity index (χ2n) is 7.15. The van der Waals surface area contributed by atoms with E-state index in [4.69, 9.17) is 14.2 Å². The van der Waals surface area contributed by atoms with Gasteiger partial charge in [-0.3, -0.25) is 9.69 Å². The summed E-state index contributed by atoms with van der Waals surface area (Å²) in [6.45, 7) is 1.87. The van der Waals surface area contributed by atoms with Gasteiger partial charge in [0, 0.05) is 24.2 Å². The molecule has 29 heavy (non-hydrogen) atoms. The maximum atomic E-state index is 12.5. The first-order chi connectivity index (χ1) is 14.2. The molecule has 1 amide bonds. The van der Waals surface area contributed by atoms with E-state index in [0.717, 1.165) is 54.2 Å². The van der Waals surface area contributed by atoms with Crippen LogP contribution in [0.25, 0.3) is 0 Å². The van der Waals surface area contributed by atoms with Crippen molar-refractivity contribution in [1.29, 1.82) is 0 Å². The minimum atomic E-state index is 0.0410. The van der Waals surface area contributed by atoms with Crippen molar-refractivity contribution < 1.29 is 19.0 Å². The monoisotopic (exact) mass is 398 g/mol. The topological polar surface area (TPSA) is 60.0 Å². The van der Waals surface area contributed by atoms with Gasteiger partial charge in [0.1, 0.15) is 17.2 Å². The van der Waals surface area contributed by atoms with Gasteiger partial charge in [-0.2, -0.15) is 0 Å². The highest BCUT2D eigenvalue weighted by Gasteiger charge is 2.29. The summed E-state index contributed by atoms with van der Waals surface area (Å²) >= 11 is 0. The Kier molecular flexibility index (Phi) is 7.36. The van der Waals surface area contributed by atoms with E-state index in [1.807, 2.05) is 42.5 Å². The second kappa shape index (κ2) is 10.2. The highest BCUT2D eigenvalue weighted by molar-refractivity contribution is 5.78. The van der Waals surface area contributed by atoms with Gasteiger partial charge in [0.15, 0.2) is 0 Å². The fourth-order valence-corrected chi connectivity index (χ4v) is 3.95. The smallest absolute Gasteiger partial charge is 0.234 e. The van der Waals surface area contributed by atoms with Gasteiger partial charge in [0.25, 0.3) is 0 Å². The van der Waals surface area contributed by atoms with Crippen LogP contribution in [0.1, 0.15) is 30.0 Å². The summed E-state index contributed by atoms with van der Waals surface area (Å²) in [7, 11) is 4.98. The lowest BCUT2D eigenvalue weighted by atomic mass is 10.0. The quantitative estimate of drug-likeness (QED) is 0.703. The van der Waals surface area contributed by atoms with Gasteiger partial charge in [-0.05, 0) is 43.5 Å². The summed E-state index contributed by atoms with van der Waals surface area (Å²) in [6.07, 6.45) is 2.82. The van der Waals surface area contributed by atoms with Crippen LogP contribution in [0, 0.1) is 0 Å². The standard InChI is InChI=1S/C23H30N2O4/c1-27-18-10-11-19(22(15-18)29-3)20-8-6-14-25(20)16-23(26)24-13-12-17-7-4-5-9-21(17)28-2/h4-5,7,9-11,15,20H,6,8,12-14,16H2,1-3H3,(H,24,26)/t20-/m0/s1. The van der Waals surface area contributed by atoms with Crippen LogP contribution in [0.15, 0.2) is 42.5 Å². The molecule has 0 radical (unpaired) electrons. The van der Waals surface area contributed by atoms with Crippen molar-refractivity contribution in [2.75, 3.05) is 41.0 Å². The first-order valence-corrected chi connectivity index (χ1v) is 10.0. The predicted molar refractivity (Wildman–Crippen MR) is 113 cm³/mol. The number of nitrogens with one attached hydrogen (secondary N) is 1. The molecule has 0 spiro atoms. The molecule has 1 fully saturated rings. The van der Waals surface area contributed by atoms with E-state index in [1.54, 1.807) is 21.3 Å². The van der Waals surface area contributed by atoms with Crippen molar-refractivity contribution in [3.05, 3.63) is 53.6 Å². The number of hydrogen-bond donors (Lipinski definition) is 1. The van der Waals surface area contributed by atoms with Crippen LogP contribution in [0.3, 0.4) is 0 Å². The Labute approximate surface area is 172 Å². The SMILES string of the molecule is COc1ccc([C@@H]2CCCN2CC(=O)NCCc2ccccc2OC)c(OC)c1. The fourth-order valence-electron chi connectivity index (χ4n) is 3.95. The minimum Gasteiger partial charge on any atom is -0.497 e. The Morgan fingerprint density at radius 1 is 1.07 bits per heavy atom. The molecule has 0 aliphatic carbocycles. The molecular weight excluding hydrogens is 368 g/mol. The molecule has 6 heteroatoms. The van der Waals surface area contributed by atoms with Crippen LogP contribution in [0.4, 0.5) is 0 Å². The number of methoxy groups -OCH3 is 3. The molecule has 1 saturated heterocycles. The van der Waals surface area contributed by atoms with Crippen molar-refractivity contribution in [3.63, 3.8) is 0 Å². The van der Waals surface area contributed by atoms with Gasteiger partial charge in [0.2, 0.25) is 5.91 Å². The van der Waals surface area contributed by atoms with Crippen molar-refractivity contribution in [3.8, 4) is 17.2 Å². The molecule has 156 valence electrons. The van der Waals surface area contributed by atoms with Crippen LogP contribution in [0.2, 0.25) is 0 Å². The average molecular weight is 399 g/mol. The number of rotatable bonds is 9. The zero-order chi connectivity index (χ0) is 20.6. The zero-order valence-electron chi connectivity index (χ0n) is 17.4. The lowest BCUT2D eigenvalue weighted by Gasteiger charge is -2.26. The van der Waals surface area contributed by atoms with E-state index in [-0.39, 0.29) is 11.9 Å². The maximum absolute atomic E-state index is 12.5. The van der Waals surface area contributed by atoms with Crippen molar-refractivity contribution in [1.82, 2.24) is 10.2 Å². The van der Waals surface area contributed by atoms with E-state index >= 15 is 0 Å². The Balaban J connectivity index is 1.57. The van der Waals surface area contributed by atoms with Gasteiger partial charge >= 0.3 is 0 Å². The third kappa shape index (κ3) is 5.21. The molecule has 0 unspecified atom stereocenters. The Hall–Kier alpha value is -2.73. The summed E-state index contributed by atoms with van der Waals surface area (Å²) in [5.41, 5.74) is 2.20. The molecule has 3 rings (SSSR count). The lowest BCUT2D eigenvalue weighted by Crippen LogP contribution is -2.37. The molecule has 1 N–H and O–H groups in total.